The van der Waals surface area contributed by atoms with E-state index in [1.807, 2.05) is 0 Å². The summed E-state index contributed by atoms with van der Waals surface area (Å²) in [6.45, 7) is 2.73. The van der Waals surface area contributed by atoms with E-state index < -0.39 is 23.0 Å². The van der Waals surface area contributed by atoms with E-state index >= 15 is 0 Å². The van der Waals surface area contributed by atoms with Gasteiger partial charge in [-0.25, -0.2) is 9.78 Å². The maximum atomic E-state index is 12.7. The predicted molar refractivity (Wildman–Crippen MR) is 101 cm³/mol. The first kappa shape index (κ1) is 18.2. The van der Waals surface area contributed by atoms with Gasteiger partial charge >= 0.3 is 11.5 Å². The molecule has 0 atom stereocenters. The molecule has 0 unspecified atom stereocenters. The van der Waals surface area contributed by atoms with Gasteiger partial charge in [0.1, 0.15) is 0 Å². The van der Waals surface area contributed by atoms with Gasteiger partial charge in [0.2, 0.25) is 11.7 Å². The summed E-state index contributed by atoms with van der Waals surface area (Å²) in [7, 11) is 0. The van der Waals surface area contributed by atoms with Gasteiger partial charge < -0.3 is 25.3 Å². The summed E-state index contributed by atoms with van der Waals surface area (Å²) in [5.41, 5.74) is -0.449. The highest BCUT2D eigenvalue weighted by atomic mass is 16.4. The lowest BCUT2D eigenvalue weighted by Crippen LogP contribution is -2.48. The van der Waals surface area contributed by atoms with Crippen LogP contribution < -0.4 is 20.7 Å². The third kappa shape index (κ3) is 3.05. The Balaban J connectivity index is 1.98. The number of rotatable bonds is 3. The van der Waals surface area contributed by atoms with Crippen molar-refractivity contribution in [2.75, 3.05) is 42.5 Å². The van der Waals surface area contributed by atoms with Crippen LogP contribution in [0.15, 0.2) is 17.1 Å². The average molecular weight is 387 g/mol. The van der Waals surface area contributed by atoms with Crippen molar-refractivity contribution in [1.82, 2.24) is 14.7 Å². The van der Waals surface area contributed by atoms with Crippen molar-refractivity contribution in [2.24, 2.45) is 0 Å². The second-order valence-electron chi connectivity index (χ2n) is 6.97. The molecule has 28 heavy (non-hydrogen) atoms. The van der Waals surface area contributed by atoms with Crippen molar-refractivity contribution in [3.8, 4) is 5.75 Å². The van der Waals surface area contributed by atoms with E-state index in [1.54, 1.807) is 12.3 Å². The van der Waals surface area contributed by atoms with Gasteiger partial charge in [-0.15, -0.1) is 0 Å². The summed E-state index contributed by atoms with van der Waals surface area (Å²) in [5.74, 6) is -2.61. The lowest BCUT2D eigenvalue weighted by atomic mass is 10.1. The van der Waals surface area contributed by atoms with Gasteiger partial charge in [0.15, 0.2) is 11.3 Å². The quantitative estimate of drug-likeness (QED) is 0.673. The molecule has 148 valence electrons. The summed E-state index contributed by atoms with van der Waals surface area (Å²) in [5, 5.41) is 22.3. The van der Waals surface area contributed by atoms with Gasteiger partial charge in [0.05, 0.1) is 17.9 Å². The van der Waals surface area contributed by atoms with Crippen molar-refractivity contribution >= 4 is 28.9 Å². The minimum absolute atomic E-state index is 0.0382. The number of aromatic hydroxyl groups is 1. The largest absolute Gasteiger partial charge is 0.501 e. The Morgan fingerprint density at radius 1 is 1.14 bits per heavy atom. The monoisotopic (exact) mass is 387 g/mol. The third-order valence-corrected chi connectivity index (χ3v) is 5.17. The highest BCUT2D eigenvalue weighted by Crippen LogP contribution is 2.29. The summed E-state index contributed by atoms with van der Waals surface area (Å²) < 4.78 is 1.14. The average Bonchev–Trinajstić information content (AvgIpc) is 2.71. The van der Waals surface area contributed by atoms with E-state index in [0.717, 1.165) is 42.4 Å². The maximum absolute atomic E-state index is 12.7. The van der Waals surface area contributed by atoms with Crippen LogP contribution in [0.2, 0.25) is 0 Å². The molecule has 4 rings (SSSR count). The van der Waals surface area contributed by atoms with Crippen LogP contribution in [-0.4, -0.2) is 64.2 Å². The molecule has 2 aromatic rings. The van der Waals surface area contributed by atoms with Crippen molar-refractivity contribution in [3.05, 3.63) is 28.3 Å². The van der Waals surface area contributed by atoms with Gasteiger partial charge in [0, 0.05) is 32.4 Å². The number of nitrogens with zero attached hydrogens (tertiary/aromatic N) is 4. The number of hydrogen-bond acceptors (Lipinski definition) is 7. The summed E-state index contributed by atoms with van der Waals surface area (Å²) in [6.07, 6.45) is 4.74. The summed E-state index contributed by atoms with van der Waals surface area (Å²) in [6, 6.07) is 1.78. The fourth-order valence-electron chi connectivity index (χ4n) is 3.73. The molecule has 2 fully saturated rings. The van der Waals surface area contributed by atoms with Gasteiger partial charge in [-0.3, -0.25) is 14.0 Å². The molecule has 0 bridgehead atoms. The number of carboxylic acid groups (broad SMARTS) is 1. The predicted octanol–water partition coefficient (Wildman–Crippen LogP) is 0.0248. The topological polar surface area (TPSA) is 127 Å². The van der Waals surface area contributed by atoms with E-state index in [0.29, 0.717) is 18.8 Å². The van der Waals surface area contributed by atoms with Gasteiger partial charge in [0.25, 0.3) is 0 Å². The molecular weight excluding hydrogens is 366 g/mol. The van der Waals surface area contributed by atoms with Crippen LogP contribution in [0.4, 0.5) is 11.4 Å². The number of hydrogen-bond donors (Lipinski definition) is 3. The Bertz CT molecular complexity index is 1010. The number of amides is 1. The standard InChI is InChI=1S/C18H21N5O5/c24-13-9-19-4-7-22(13)12-8-11(21-5-2-1-3-6-21)10-23-16(12)20-14(18(27)28)15(25)17(23)26/h8,10,19,25H,1-7,9H2,(H,27,28). The van der Waals surface area contributed by atoms with Crippen LogP contribution >= 0.6 is 0 Å². The minimum atomic E-state index is -1.50. The van der Waals surface area contributed by atoms with E-state index in [4.69, 9.17) is 0 Å². The normalized spacial score (nSPS) is 17.9. The number of nitrogens with one attached hydrogen (secondary N) is 1. The Morgan fingerprint density at radius 2 is 1.89 bits per heavy atom. The van der Waals surface area contributed by atoms with Crippen LogP contribution in [0.1, 0.15) is 29.8 Å². The molecule has 0 radical (unpaired) electrons. The number of carboxylic acids is 1. The first-order chi connectivity index (χ1) is 13.5. The molecule has 0 aliphatic carbocycles. The van der Waals surface area contributed by atoms with Gasteiger partial charge in [-0.2, -0.15) is 0 Å². The van der Waals surface area contributed by atoms with Gasteiger partial charge in [-0.1, -0.05) is 0 Å². The zero-order chi connectivity index (χ0) is 19.8. The molecular formula is C18H21N5O5. The Hall–Kier alpha value is -3.14. The number of anilines is 2. The molecule has 2 aromatic heterocycles. The SMILES string of the molecule is O=C(O)c1nc2c(N3CCNCC3=O)cc(N3CCCCC3)cn2c(=O)c1O. The molecule has 0 saturated carbocycles. The lowest BCUT2D eigenvalue weighted by Gasteiger charge is -2.32. The number of fused-ring (bicyclic) bond motifs is 1. The molecule has 10 heteroatoms. The van der Waals surface area contributed by atoms with Crippen molar-refractivity contribution in [2.45, 2.75) is 19.3 Å². The molecule has 3 N–H and O–H groups in total. The second kappa shape index (κ2) is 7.12. The zero-order valence-corrected chi connectivity index (χ0v) is 15.2. The number of carbonyl (C=O) groups excluding carboxylic acids is 1. The highest BCUT2D eigenvalue weighted by Gasteiger charge is 2.27. The van der Waals surface area contributed by atoms with Gasteiger partial charge in [-0.05, 0) is 25.3 Å². The molecule has 2 aliphatic heterocycles. The van der Waals surface area contributed by atoms with Crippen LogP contribution in [0.25, 0.3) is 5.65 Å². The number of carbonyl (C=O) groups is 2. The lowest BCUT2D eigenvalue weighted by molar-refractivity contribution is -0.118. The first-order valence-electron chi connectivity index (χ1n) is 9.26. The zero-order valence-electron chi connectivity index (χ0n) is 15.2. The second-order valence-corrected chi connectivity index (χ2v) is 6.97. The number of aromatic carboxylic acids is 1. The summed E-state index contributed by atoms with van der Waals surface area (Å²) in [4.78, 5) is 44.2. The van der Waals surface area contributed by atoms with Crippen molar-refractivity contribution in [3.63, 3.8) is 0 Å². The van der Waals surface area contributed by atoms with E-state index in [1.165, 1.54) is 4.90 Å². The Labute approximate surface area is 160 Å². The van der Waals surface area contributed by atoms with Crippen molar-refractivity contribution < 1.29 is 19.8 Å². The Kier molecular flexibility index (Phi) is 4.63. The fraction of sp³-hybridized carbons (Fsp3) is 0.444. The number of piperidine rings is 1. The van der Waals surface area contributed by atoms with E-state index in [-0.39, 0.29) is 18.1 Å². The fourth-order valence-corrected chi connectivity index (χ4v) is 3.73. The molecule has 0 aromatic carbocycles. The van der Waals surface area contributed by atoms with E-state index in [9.17, 15) is 24.6 Å². The van der Waals surface area contributed by atoms with Crippen molar-refractivity contribution in [1.29, 1.82) is 0 Å². The first-order valence-corrected chi connectivity index (χ1v) is 9.26. The molecule has 2 aliphatic rings. The van der Waals surface area contributed by atoms with Crippen LogP contribution in [0.3, 0.4) is 0 Å². The van der Waals surface area contributed by atoms with E-state index in [2.05, 4.69) is 15.2 Å². The third-order valence-electron chi connectivity index (χ3n) is 5.17. The van der Waals surface area contributed by atoms with Crippen LogP contribution in [0, 0.1) is 0 Å². The number of pyridine rings is 1. The van der Waals surface area contributed by atoms with Crippen LogP contribution in [-0.2, 0) is 4.79 Å². The number of piperazine rings is 1. The molecule has 2 saturated heterocycles. The molecule has 0 spiro atoms. The van der Waals surface area contributed by atoms with Crippen LogP contribution in [0.5, 0.6) is 5.75 Å². The molecule has 10 nitrogen and oxygen atoms in total. The summed E-state index contributed by atoms with van der Waals surface area (Å²) >= 11 is 0. The molecule has 4 heterocycles. The Morgan fingerprint density at radius 3 is 2.57 bits per heavy atom. The maximum Gasteiger partial charge on any atom is 0.358 e. The highest BCUT2D eigenvalue weighted by molar-refractivity contribution is 6.00. The molecule has 1 amide bonds. The number of aromatic nitrogens is 2. The smallest absolute Gasteiger partial charge is 0.358 e. The minimum Gasteiger partial charge on any atom is -0.501 e.